The maximum absolute atomic E-state index is 11.3. The van der Waals surface area contributed by atoms with Crippen molar-refractivity contribution >= 4 is 11.6 Å². The molecule has 0 fully saturated rings. The highest BCUT2D eigenvalue weighted by Gasteiger charge is 2.13. The van der Waals surface area contributed by atoms with E-state index in [0.29, 0.717) is 5.75 Å². The molecule has 5 nitrogen and oxygen atoms in total. The van der Waals surface area contributed by atoms with Crippen LogP contribution in [0.2, 0.25) is 0 Å². The molecule has 0 unspecified atom stereocenters. The van der Waals surface area contributed by atoms with Crippen LogP contribution in [0.15, 0.2) is 18.2 Å². The molecule has 0 aromatic heterocycles. The first kappa shape index (κ1) is 12.2. The summed E-state index contributed by atoms with van der Waals surface area (Å²) < 4.78 is 5.48. The maximum atomic E-state index is 11.3. The molecule has 2 N–H and O–H groups in total. The number of nitrogens with one attached hydrogen (secondary N) is 2. The van der Waals surface area contributed by atoms with Gasteiger partial charge in [0.15, 0.2) is 6.61 Å². The molecule has 18 heavy (non-hydrogen) atoms. The fourth-order valence-electron chi connectivity index (χ4n) is 1.93. The van der Waals surface area contributed by atoms with Gasteiger partial charge < -0.3 is 15.4 Å². The van der Waals surface area contributed by atoms with E-state index in [1.165, 1.54) is 5.56 Å². The Balaban J connectivity index is 1.97. The number of nitrogens with zero attached hydrogens (tertiary/aromatic N) is 1. The van der Waals surface area contributed by atoms with Crippen molar-refractivity contribution in [1.82, 2.24) is 5.32 Å². The first-order valence-electron chi connectivity index (χ1n) is 5.93. The van der Waals surface area contributed by atoms with Gasteiger partial charge in [0.05, 0.1) is 11.8 Å². The van der Waals surface area contributed by atoms with Gasteiger partial charge in [-0.15, -0.1) is 0 Å². The summed E-state index contributed by atoms with van der Waals surface area (Å²) in [6, 6.07) is 7.67. The fraction of sp³-hybridized carbons (Fsp3) is 0.385. The second-order valence-electron chi connectivity index (χ2n) is 4.04. The Labute approximate surface area is 106 Å². The number of nitriles is 1. The van der Waals surface area contributed by atoms with Gasteiger partial charge in [-0.1, -0.05) is 12.1 Å². The standard InChI is InChI=1S/C13H15N3O2/c14-6-8-15-12(17)9-18-11-5-1-3-10-4-2-7-16-13(10)11/h1,3,5,16H,2,4,7-9H2,(H,15,17). The van der Waals surface area contributed by atoms with E-state index < -0.39 is 0 Å². The number of para-hydroxylation sites is 1. The Morgan fingerprint density at radius 2 is 2.44 bits per heavy atom. The third kappa shape index (κ3) is 2.92. The molecule has 0 aliphatic carbocycles. The van der Waals surface area contributed by atoms with Gasteiger partial charge >= 0.3 is 0 Å². The van der Waals surface area contributed by atoms with Crippen LogP contribution < -0.4 is 15.4 Å². The number of carbonyl (C=O) groups is 1. The summed E-state index contributed by atoms with van der Waals surface area (Å²) in [5, 5.41) is 14.1. The summed E-state index contributed by atoms with van der Waals surface area (Å²) in [6.45, 7) is 0.862. The summed E-state index contributed by atoms with van der Waals surface area (Å²) in [6.07, 6.45) is 2.14. The van der Waals surface area contributed by atoms with Gasteiger partial charge in [-0.3, -0.25) is 4.79 Å². The molecule has 0 saturated heterocycles. The van der Waals surface area contributed by atoms with Crippen LogP contribution in [-0.2, 0) is 11.2 Å². The second kappa shape index (κ2) is 5.92. The van der Waals surface area contributed by atoms with Crippen molar-refractivity contribution in [3.8, 4) is 11.8 Å². The molecule has 1 aliphatic rings. The van der Waals surface area contributed by atoms with Crippen LogP contribution in [0.25, 0.3) is 0 Å². The maximum Gasteiger partial charge on any atom is 0.258 e. The Bertz CT molecular complexity index is 480. The average Bonchev–Trinajstić information content (AvgIpc) is 2.42. The van der Waals surface area contributed by atoms with Crippen molar-refractivity contribution in [2.75, 3.05) is 25.0 Å². The normalized spacial score (nSPS) is 12.8. The smallest absolute Gasteiger partial charge is 0.258 e. The lowest BCUT2D eigenvalue weighted by molar-refractivity contribution is -0.122. The number of anilines is 1. The molecule has 0 spiro atoms. The van der Waals surface area contributed by atoms with Crippen LogP contribution in [0.3, 0.4) is 0 Å². The summed E-state index contributed by atoms with van der Waals surface area (Å²) >= 11 is 0. The molecule has 1 aromatic carbocycles. The number of ether oxygens (including phenoxy) is 1. The lowest BCUT2D eigenvalue weighted by Crippen LogP contribution is -2.29. The van der Waals surface area contributed by atoms with Crippen molar-refractivity contribution < 1.29 is 9.53 Å². The lowest BCUT2D eigenvalue weighted by atomic mass is 10.0. The highest BCUT2D eigenvalue weighted by molar-refractivity contribution is 5.78. The number of aryl methyl sites for hydroxylation is 1. The van der Waals surface area contributed by atoms with E-state index in [1.54, 1.807) is 0 Å². The quantitative estimate of drug-likeness (QED) is 0.778. The van der Waals surface area contributed by atoms with E-state index >= 15 is 0 Å². The van der Waals surface area contributed by atoms with Gasteiger partial charge in [-0.2, -0.15) is 5.26 Å². The summed E-state index contributed by atoms with van der Waals surface area (Å²) in [5.74, 6) is 0.407. The van der Waals surface area contributed by atoms with E-state index in [2.05, 4.69) is 16.7 Å². The number of carbonyl (C=O) groups excluding carboxylic acids is 1. The predicted octanol–water partition coefficient (Wildman–Crippen LogP) is 1.06. The largest absolute Gasteiger partial charge is 0.482 e. The number of fused-ring (bicyclic) bond motifs is 1. The average molecular weight is 245 g/mol. The number of hydrogen-bond donors (Lipinski definition) is 2. The zero-order valence-corrected chi connectivity index (χ0v) is 10.0. The topological polar surface area (TPSA) is 74.2 Å². The molecule has 0 radical (unpaired) electrons. The highest BCUT2D eigenvalue weighted by Crippen LogP contribution is 2.31. The molecule has 0 bridgehead atoms. The van der Waals surface area contributed by atoms with Gasteiger partial charge in [-0.25, -0.2) is 0 Å². The Hall–Kier alpha value is -2.22. The van der Waals surface area contributed by atoms with Crippen molar-refractivity contribution in [3.05, 3.63) is 23.8 Å². The Kier molecular flexibility index (Phi) is 4.02. The summed E-state index contributed by atoms with van der Waals surface area (Å²) in [5.41, 5.74) is 2.20. The molecular formula is C13H15N3O2. The molecule has 1 aromatic rings. The third-order valence-electron chi connectivity index (χ3n) is 2.76. The van der Waals surface area contributed by atoms with Gasteiger partial charge in [0.2, 0.25) is 0 Å². The highest BCUT2D eigenvalue weighted by atomic mass is 16.5. The van der Waals surface area contributed by atoms with Crippen LogP contribution in [-0.4, -0.2) is 25.6 Å². The lowest BCUT2D eigenvalue weighted by Gasteiger charge is -2.20. The number of amides is 1. The zero-order valence-electron chi connectivity index (χ0n) is 10.0. The van der Waals surface area contributed by atoms with E-state index in [9.17, 15) is 4.79 Å². The van der Waals surface area contributed by atoms with E-state index in [0.717, 1.165) is 25.1 Å². The Morgan fingerprint density at radius 3 is 3.28 bits per heavy atom. The van der Waals surface area contributed by atoms with E-state index in [4.69, 9.17) is 10.00 Å². The first-order valence-corrected chi connectivity index (χ1v) is 5.93. The van der Waals surface area contributed by atoms with Crippen LogP contribution in [0, 0.1) is 11.3 Å². The summed E-state index contributed by atoms with van der Waals surface area (Å²) in [4.78, 5) is 11.3. The number of rotatable bonds is 4. The van der Waals surface area contributed by atoms with Gasteiger partial charge in [0, 0.05) is 6.54 Å². The van der Waals surface area contributed by atoms with Crippen LogP contribution in [0.5, 0.6) is 5.75 Å². The minimum absolute atomic E-state index is 0.00728. The van der Waals surface area contributed by atoms with E-state index in [-0.39, 0.29) is 19.1 Å². The van der Waals surface area contributed by atoms with Crippen LogP contribution in [0.4, 0.5) is 5.69 Å². The SMILES string of the molecule is N#CCNC(=O)COc1cccc2c1NCCC2. The second-order valence-corrected chi connectivity index (χ2v) is 4.04. The van der Waals surface area contributed by atoms with Crippen LogP contribution in [0.1, 0.15) is 12.0 Å². The van der Waals surface area contributed by atoms with Crippen molar-refractivity contribution in [1.29, 1.82) is 5.26 Å². The molecule has 5 heteroatoms. The molecule has 94 valence electrons. The first-order chi connectivity index (χ1) is 8.81. The molecular weight excluding hydrogens is 230 g/mol. The molecule has 0 atom stereocenters. The van der Waals surface area contributed by atoms with Crippen molar-refractivity contribution in [2.24, 2.45) is 0 Å². The molecule has 1 aliphatic heterocycles. The van der Waals surface area contributed by atoms with Crippen molar-refractivity contribution in [2.45, 2.75) is 12.8 Å². The summed E-state index contributed by atoms with van der Waals surface area (Å²) in [7, 11) is 0. The van der Waals surface area contributed by atoms with Crippen molar-refractivity contribution in [3.63, 3.8) is 0 Å². The Morgan fingerprint density at radius 1 is 1.56 bits per heavy atom. The minimum atomic E-state index is -0.287. The van der Waals surface area contributed by atoms with E-state index in [1.807, 2.05) is 18.2 Å². The van der Waals surface area contributed by atoms with Crippen LogP contribution >= 0.6 is 0 Å². The van der Waals surface area contributed by atoms with Gasteiger partial charge in [0.1, 0.15) is 12.3 Å². The zero-order chi connectivity index (χ0) is 12.8. The third-order valence-corrected chi connectivity index (χ3v) is 2.76. The molecule has 1 heterocycles. The predicted molar refractivity (Wildman–Crippen MR) is 67.4 cm³/mol. The van der Waals surface area contributed by atoms with Gasteiger partial charge in [-0.05, 0) is 24.5 Å². The van der Waals surface area contributed by atoms with Gasteiger partial charge in [0.25, 0.3) is 5.91 Å². The monoisotopic (exact) mass is 245 g/mol. The number of hydrogen-bond acceptors (Lipinski definition) is 4. The molecule has 2 rings (SSSR count). The number of benzene rings is 1. The fourth-order valence-corrected chi connectivity index (χ4v) is 1.93. The molecule has 0 saturated carbocycles. The minimum Gasteiger partial charge on any atom is -0.482 e. The molecule has 1 amide bonds.